The van der Waals surface area contributed by atoms with Gasteiger partial charge in [-0.2, -0.15) is 0 Å². The van der Waals surface area contributed by atoms with Gasteiger partial charge < -0.3 is 29.3 Å². The highest BCUT2D eigenvalue weighted by Crippen LogP contribution is 2.64. The molecular weight excluding hydrogens is 630 g/mol. The van der Waals surface area contributed by atoms with Crippen molar-refractivity contribution < 1.29 is 29.0 Å². The lowest BCUT2D eigenvalue weighted by molar-refractivity contribution is -0.148. The second-order valence-corrected chi connectivity index (χ2v) is 13.8. The normalized spacial score (nSPS) is 25.6. The van der Waals surface area contributed by atoms with Crippen LogP contribution in [0.15, 0.2) is 98.1 Å². The number of aliphatic hydroxyl groups is 1. The molecule has 3 aromatic carbocycles. The summed E-state index contributed by atoms with van der Waals surface area (Å²) in [6, 6.07) is 20.5. The quantitative estimate of drug-likeness (QED) is 0.225. The lowest BCUT2D eigenvalue weighted by Crippen LogP contribution is -2.57. The fourth-order valence-corrected chi connectivity index (χ4v) is 8.49. The standard InChI is InChI=1S/C41H47N3O6/c1-7-23-42(30-17-19-31(20-18-30)49-9-3)37(46)34-35-38(47)44(33(26-45)29-13-11-10-12-14-29)36(41(35)22-21-40(34,6)50-41)39(48)43(24-8-2)32-25-27(4)15-16-28(32)5/h7-8,10-20,25,33-36,45H,1-2,9,21-24,26H2,3-6H3/t33-,34-,35+,36?,40+,41?/m1/s1. The molecule has 6 atom stereocenters. The molecule has 2 bridgehead atoms. The van der Waals surface area contributed by atoms with Gasteiger partial charge >= 0.3 is 0 Å². The van der Waals surface area contributed by atoms with Gasteiger partial charge in [-0.25, -0.2) is 0 Å². The fourth-order valence-electron chi connectivity index (χ4n) is 8.49. The topological polar surface area (TPSA) is 99.6 Å². The third kappa shape index (κ3) is 5.72. The third-order valence-corrected chi connectivity index (χ3v) is 10.7. The molecule has 3 aliphatic rings. The molecule has 0 aliphatic carbocycles. The van der Waals surface area contributed by atoms with E-state index in [9.17, 15) is 9.90 Å². The van der Waals surface area contributed by atoms with E-state index in [1.165, 1.54) is 4.90 Å². The molecule has 3 heterocycles. The van der Waals surface area contributed by atoms with Gasteiger partial charge in [-0.3, -0.25) is 14.4 Å². The number of benzene rings is 3. The SMILES string of the molecule is C=CCN(C(=O)[C@H]1[C@H]2C(=O)N([C@H](CO)c3ccccc3)C(C(=O)N(CC=C)c3cc(C)ccc3C)C23CC[C@]1(C)O3)c1ccc(OCC)cc1. The molecule has 2 unspecified atom stereocenters. The van der Waals surface area contributed by atoms with Crippen molar-refractivity contribution in [1.29, 1.82) is 0 Å². The first-order chi connectivity index (χ1) is 24.0. The summed E-state index contributed by atoms with van der Waals surface area (Å²) >= 11 is 0. The summed E-state index contributed by atoms with van der Waals surface area (Å²) < 4.78 is 12.6. The van der Waals surface area contributed by atoms with Crippen molar-refractivity contribution >= 4 is 29.1 Å². The molecule has 3 fully saturated rings. The number of amides is 3. The Kier molecular flexibility index (Phi) is 9.75. The smallest absolute Gasteiger partial charge is 0.253 e. The van der Waals surface area contributed by atoms with Crippen LogP contribution >= 0.6 is 0 Å². The minimum absolute atomic E-state index is 0.196. The van der Waals surface area contributed by atoms with Crippen molar-refractivity contribution in [3.05, 3.63) is 115 Å². The molecular formula is C41H47N3O6. The van der Waals surface area contributed by atoms with Crippen LogP contribution in [0.4, 0.5) is 11.4 Å². The number of hydrogen-bond acceptors (Lipinski definition) is 6. The van der Waals surface area contributed by atoms with Gasteiger partial charge in [0.15, 0.2) is 0 Å². The molecule has 3 amide bonds. The molecule has 50 heavy (non-hydrogen) atoms. The van der Waals surface area contributed by atoms with Crippen molar-refractivity contribution in [1.82, 2.24) is 4.90 Å². The Morgan fingerprint density at radius 1 is 1.00 bits per heavy atom. The van der Waals surface area contributed by atoms with Crippen molar-refractivity contribution in [2.45, 2.75) is 63.8 Å². The Hall–Kier alpha value is -4.73. The first-order valence-corrected chi connectivity index (χ1v) is 17.4. The lowest BCUT2D eigenvalue weighted by Gasteiger charge is -2.40. The van der Waals surface area contributed by atoms with Crippen molar-refractivity contribution in [3.63, 3.8) is 0 Å². The molecule has 3 aromatic rings. The van der Waals surface area contributed by atoms with Crippen LogP contribution in [0, 0.1) is 25.7 Å². The monoisotopic (exact) mass is 677 g/mol. The number of ether oxygens (including phenoxy) is 2. The summed E-state index contributed by atoms with van der Waals surface area (Å²) in [5, 5.41) is 10.9. The molecule has 0 saturated carbocycles. The van der Waals surface area contributed by atoms with Crippen LogP contribution in [0.5, 0.6) is 5.75 Å². The van der Waals surface area contributed by atoms with Gasteiger partial charge in [0.1, 0.15) is 17.4 Å². The first-order valence-electron chi connectivity index (χ1n) is 17.4. The molecule has 3 aliphatic heterocycles. The van der Waals surface area contributed by atoms with E-state index in [0.717, 1.165) is 11.1 Å². The lowest BCUT2D eigenvalue weighted by atomic mass is 9.66. The number of likely N-dealkylation sites (tertiary alicyclic amines) is 1. The van der Waals surface area contributed by atoms with Gasteiger partial charge in [-0.1, -0.05) is 54.6 Å². The average molecular weight is 678 g/mol. The number of hydrogen-bond donors (Lipinski definition) is 1. The van der Waals surface area contributed by atoms with Crippen LogP contribution < -0.4 is 14.5 Å². The molecule has 262 valence electrons. The van der Waals surface area contributed by atoms with Gasteiger partial charge in [-0.15, -0.1) is 13.2 Å². The average Bonchev–Trinajstić information content (AvgIpc) is 3.69. The molecule has 9 heteroatoms. The Balaban J connectivity index is 1.49. The molecule has 1 N–H and O–H groups in total. The van der Waals surface area contributed by atoms with E-state index in [0.29, 0.717) is 42.1 Å². The Morgan fingerprint density at radius 2 is 1.68 bits per heavy atom. The Morgan fingerprint density at radius 3 is 2.32 bits per heavy atom. The second kappa shape index (κ2) is 13.9. The van der Waals surface area contributed by atoms with Crippen molar-refractivity contribution in [2.24, 2.45) is 11.8 Å². The minimum Gasteiger partial charge on any atom is -0.494 e. The van der Waals surface area contributed by atoms with E-state index in [-0.39, 0.29) is 30.8 Å². The van der Waals surface area contributed by atoms with E-state index in [4.69, 9.17) is 9.47 Å². The number of anilines is 2. The first kappa shape index (κ1) is 35.1. The Labute approximate surface area is 294 Å². The number of rotatable bonds is 13. The number of aryl methyl sites for hydroxylation is 2. The highest BCUT2D eigenvalue weighted by Gasteiger charge is 2.79. The van der Waals surface area contributed by atoms with E-state index in [1.54, 1.807) is 22.0 Å². The highest BCUT2D eigenvalue weighted by atomic mass is 16.5. The molecule has 0 radical (unpaired) electrons. The maximum atomic E-state index is 15.3. The van der Waals surface area contributed by atoms with Crippen LogP contribution in [-0.4, -0.2) is 71.3 Å². The number of fused-ring (bicyclic) bond motifs is 1. The van der Waals surface area contributed by atoms with Gasteiger partial charge in [0.2, 0.25) is 11.8 Å². The summed E-state index contributed by atoms with van der Waals surface area (Å²) in [5.74, 6) is -2.15. The van der Waals surface area contributed by atoms with E-state index < -0.39 is 41.7 Å². The van der Waals surface area contributed by atoms with E-state index in [2.05, 4.69) is 13.2 Å². The van der Waals surface area contributed by atoms with Crippen LogP contribution in [0.3, 0.4) is 0 Å². The van der Waals surface area contributed by atoms with Crippen LogP contribution in [0.2, 0.25) is 0 Å². The summed E-state index contributed by atoms with van der Waals surface area (Å²) in [6.45, 7) is 16.1. The molecule has 1 spiro atoms. The van der Waals surface area contributed by atoms with Gasteiger partial charge in [0.25, 0.3) is 5.91 Å². The number of nitrogens with zero attached hydrogens (tertiary/aromatic N) is 3. The van der Waals surface area contributed by atoms with Gasteiger partial charge in [0.05, 0.1) is 36.7 Å². The predicted octanol–water partition coefficient (Wildman–Crippen LogP) is 5.94. The molecule has 6 rings (SSSR count). The summed E-state index contributed by atoms with van der Waals surface area (Å²) in [7, 11) is 0. The molecule has 9 nitrogen and oxygen atoms in total. The summed E-state index contributed by atoms with van der Waals surface area (Å²) in [6.07, 6.45) is 4.21. The Bertz CT molecular complexity index is 1780. The zero-order valence-electron chi connectivity index (χ0n) is 29.4. The largest absolute Gasteiger partial charge is 0.494 e. The molecule has 3 saturated heterocycles. The zero-order chi connectivity index (χ0) is 35.8. The predicted molar refractivity (Wildman–Crippen MR) is 194 cm³/mol. The number of carbonyl (C=O) groups excluding carboxylic acids is 3. The zero-order valence-corrected chi connectivity index (χ0v) is 29.4. The van der Waals surface area contributed by atoms with E-state index >= 15 is 9.59 Å². The highest BCUT2D eigenvalue weighted by molar-refractivity contribution is 6.07. The van der Waals surface area contributed by atoms with Gasteiger partial charge in [0, 0.05) is 24.5 Å². The minimum atomic E-state index is -1.30. The van der Waals surface area contributed by atoms with Crippen LogP contribution in [-0.2, 0) is 19.1 Å². The van der Waals surface area contributed by atoms with Gasteiger partial charge in [-0.05, 0) is 87.6 Å². The fraction of sp³-hybridized carbons (Fsp3) is 0.390. The van der Waals surface area contributed by atoms with Crippen molar-refractivity contribution in [2.75, 3.05) is 36.1 Å². The summed E-state index contributed by atoms with van der Waals surface area (Å²) in [4.78, 5) is 50.1. The summed E-state index contributed by atoms with van der Waals surface area (Å²) in [5.41, 5.74) is 1.60. The van der Waals surface area contributed by atoms with E-state index in [1.807, 2.05) is 100 Å². The van der Waals surface area contributed by atoms with Crippen LogP contribution in [0.1, 0.15) is 49.4 Å². The second-order valence-electron chi connectivity index (χ2n) is 13.8. The number of carbonyl (C=O) groups is 3. The third-order valence-electron chi connectivity index (χ3n) is 10.7. The maximum Gasteiger partial charge on any atom is 0.253 e. The van der Waals surface area contributed by atoms with Crippen molar-refractivity contribution in [3.8, 4) is 5.75 Å². The maximum absolute atomic E-state index is 15.3. The van der Waals surface area contributed by atoms with Crippen LogP contribution in [0.25, 0.3) is 0 Å². The molecule has 0 aromatic heterocycles. The number of aliphatic hydroxyl groups excluding tert-OH is 1.